The van der Waals surface area contributed by atoms with Crippen LogP contribution in [0.4, 0.5) is 0 Å². The van der Waals surface area contributed by atoms with Gasteiger partial charge in [0.15, 0.2) is 0 Å². The lowest BCUT2D eigenvalue weighted by atomic mass is 10.0. The zero-order valence-electron chi connectivity index (χ0n) is 18.7. The molecule has 0 bridgehead atoms. The molecule has 0 amide bonds. The lowest BCUT2D eigenvalue weighted by Crippen LogP contribution is -2.32. The monoisotopic (exact) mass is 461 g/mol. The van der Waals surface area contributed by atoms with Crippen molar-refractivity contribution in [2.45, 2.75) is 56.7 Å². The highest BCUT2D eigenvalue weighted by Crippen LogP contribution is 2.52. The summed E-state index contributed by atoms with van der Waals surface area (Å²) in [7, 11) is -3.06. The van der Waals surface area contributed by atoms with E-state index in [4.69, 9.17) is 4.74 Å². The van der Waals surface area contributed by atoms with Crippen LogP contribution in [0.25, 0.3) is 0 Å². The van der Waals surface area contributed by atoms with Gasteiger partial charge in [-0.15, -0.1) is 0 Å². The summed E-state index contributed by atoms with van der Waals surface area (Å²) in [6.07, 6.45) is 6.41. The van der Waals surface area contributed by atoms with Crippen molar-refractivity contribution in [2.24, 2.45) is 0 Å². The second-order valence-electron chi connectivity index (χ2n) is 8.75. The second kappa shape index (κ2) is 12.4. The number of nitrogens with one attached hydrogen (secondary N) is 1. The third kappa shape index (κ3) is 8.25. The number of aliphatic hydroxyl groups excluding tert-OH is 1. The fraction of sp³-hybridized carbons (Fsp3) is 0.520. The number of aromatic hydroxyl groups is 1. The summed E-state index contributed by atoms with van der Waals surface area (Å²) in [6, 6.07) is 14.7. The molecule has 1 aliphatic rings. The van der Waals surface area contributed by atoms with Crippen LogP contribution in [-0.4, -0.2) is 52.7 Å². The van der Waals surface area contributed by atoms with Gasteiger partial charge in [-0.25, -0.2) is 0 Å². The van der Waals surface area contributed by atoms with Gasteiger partial charge < -0.3 is 25.2 Å². The molecule has 2 aromatic carbocycles. The minimum absolute atomic E-state index is 0.00318. The number of phenolic OH excluding ortho intramolecular Hbond substituents is 1. The molecular weight excluding hydrogens is 425 g/mol. The van der Waals surface area contributed by atoms with E-state index in [0.717, 1.165) is 44.2 Å². The van der Waals surface area contributed by atoms with E-state index in [-0.39, 0.29) is 18.0 Å². The normalized spacial score (nSPS) is 17.6. The van der Waals surface area contributed by atoms with Gasteiger partial charge in [0.05, 0.1) is 0 Å². The molecule has 7 heteroatoms. The Kier molecular flexibility index (Phi) is 9.61. The number of hydrogen-bond acceptors (Lipinski definition) is 5. The van der Waals surface area contributed by atoms with Gasteiger partial charge in [-0.1, -0.05) is 43.5 Å². The number of hydrogen-bond donors (Lipinski definition) is 4. The van der Waals surface area contributed by atoms with Crippen LogP contribution in [0.15, 0.2) is 48.5 Å². The Bertz CT molecular complexity index is 850. The number of rotatable bonds is 12. The number of ether oxygens (including phenoxy) is 1. The zero-order valence-corrected chi connectivity index (χ0v) is 19.6. The number of aryl methyl sites for hydroxylation is 1. The molecule has 2 unspecified atom stereocenters. The van der Waals surface area contributed by atoms with E-state index in [2.05, 4.69) is 29.6 Å². The molecule has 32 heavy (non-hydrogen) atoms. The topological polar surface area (TPSA) is 99.0 Å². The van der Waals surface area contributed by atoms with Gasteiger partial charge in [0.1, 0.15) is 24.2 Å². The van der Waals surface area contributed by atoms with Crippen molar-refractivity contribution in [1.82, 2.24) is 5.32 Å². The zero-order chi connectivity index (χ0) is 22.8. The molecule has 0 saturated heterocycles. The summed E-state index contributed by atoms with van der Waals surface area (Å²) in [5, 5.41) is 22.5. The Hall–Kier alpha value is -1.85. The van der Waals surface area contributed by atoms with Crippen LogP contribution in [0, 0.1) is 0 Å². The van der Waals surface area contributed by atoms with Gasteiger partial charge in [0, 0.05) is 18.4 Å². The van der Waals surface area contributed by atoms with E-state index in [1.165, 1.54) is 12.0 Å². The third-order valence-corrected chi connectivity index (χ3v) is 8.66. The molecule has 0 spiro atoms. The van der Waals surface area contributed by atoms with Crippen LogP contribution in [0.1, 0.15) is 43.2 Å². The lowest BCUT2D eigenvalue weighted by molar-refractivity contribution is 0.106. The van der Waals surface area contributed by atoms with Gasteiger partial charge in [-0.3, -0.25) is 4.57 Å². The molecule has 0 radical (unpaired) electrons. The van der Waals surface area contributed by atoms with Crippen molar-refractivity contribution < 1.29 is 24.4 Å². The predicted octanol–water partition coefficient (Wildman–Crippen LogP) is 4.11. The largest absolute Gasteiger partial charge is 0.508 e. The summed E-state index contributed by atoms with van der Waals surface area (Å²) >= 11 is 0. The van der Waals surface area contributed by atoms with Gasteiger partial charge >= 0.3 is 0 Å². The van der Waals surface area contributed by atoms with Crippen molar-refractivity contribution in [3.63, 3.8) is 0 Å². The standard InChI is InChI=1S/C25H36NO5P/c27-22-10-12-24(13-11-22)31-19-23(28)18-26-16-14-20-6-8-21(9-7-20)15-17-32(29,30)25-4-2-1-3-5-25/h6-13,23,25-28H,1-5,14-19H2,(H,29,30). The highest BCUT2D eigenvalue weighted by Gasteiger charge is 2.31. The van der Waals surface area contributed by atoms with Gasteiger partial charge in [0.25, 0.3) is 0 Å². The first-order valence-corrected chi connectivity index (χ1v) is 13.5. The van der Waals surface area contributed by atoms with Gasteiger partial charge in [-0.2, -0.15) is 0 Å². The summed E-state index contributed by atoms with van der Waals surface area (Å²) < 4.78 is 18.2. The molecule has 0 aliphatic heterocycles. The molecule has 6 nitrogen and oxygen atoms in total. The highest BCUT2D eigenvalue weighted by molar-refractivity contribution is 7.58. The molecule has 176 valence electrons. The predicted molar refractivity (Wildman–Crippen MR) is 128 cm³/mol. The average Bonchev–Trinajstić information content (AvgIpc) is 2.81. The maximum atomic E-state index is 12.7. The average molecular weight is 462 g/mol. The summed E-state index contributed by atoms with van der Waals surface area (Å²) in [5.41, 5.74) is 2.30. The van der Waals surface area contributed by atoms with Crippen molar-refractivity contribution >= 4 is 7.37 Å². The Labute approximate surface area is 191 Å². The second-order valence-corrected chi connectivity index (χ2v) is 11.4. The Balaban J connectivity index is 1.31. The van der Waals surface area contributed by atoms with Crippen molar-refractivity contribution in [1.29, 1.82) is 0 Å². The van der Waals surface area contributed by atoms with E-state index in [9.17, 15) is 19.7 Å². The molecule has 1 aliphatic carbocycles. The highest BCUT2D eigenvalue weighted by atomic mass is 31.2. The third-order valence-electron chi connectivity index (χ3n) is 6.14. The molecule has 0 heterocycles. The van der Waals surface area contributed by atoms with E-state index in [1.807, 2.05) is 0 Å². The van der Waals surface area contributed by atoms with Gasteiger partial charge in [0.2, 0.25) is 7.37 Å². The maximum Gasteiger partial charge on any atom is 0.203 e. The fourth-order valence-electron chi connectivity index (χ4n) is 4.12. The van der Waals surface area contributed by atoms with Crippen LogP contribution in [0.3, 0.4) is 0 Å². The maximum absolute atomic E-state index is 12.7. The summed E-state index contributed by atoms with van der Waals surface area (Å²) in [4.78, 5) is 10.5. The number of phenols is 1. The molecule has 3 rings (SSSR count). The molecule has 2 aromatic rings. The lowest BCUT2D eigenvalue weighted by Gasteiger charge is -2.26. The van der Waals surface area contributed by atoms with Crippen LogP contribution in [-0.2, 0) is 17.4 Å². The van der Waals surface area contributed by atoms with E-state index in [1.54, 1.807) is 24.3 Å². The fourth-order valence-corrected chi connectivity index (χ4v) is 6.24. The van der Waals surface area contributed by atoms with Crippen molar-refractivity contribution in [3.05, 3.63) is 59.7 Å². The van der Waals surface area contributed by atoms with Crippen LogP contribution in [0.5, 0.6) is 11.5 Å². The summed E-state index contributed by atoms with van der Waals surface area (Å²) in [5.74, 6) is 0.790. The molecule has 0 aromatic heterocycles. The van der Waals surface area contributed by atoms with Crippen molar-refractivity contribution in [3.8, 4) is 11.5 Å². The first kappa shape index (κ1) is 24.8. The van der Waals surface area contributed by atoms with E-state index >= 15 is 0 Å². The van der Waals surface area contributed by atoms with Crippen molar-refractivity contribution in [2.75, 3.05) is 25.9 Å². The SMILES string of the molecule is O=P(O)(CCc1ccc(CCNCC(O)COc2ccc(O)cc2)cc1)C1CCCCC1. The van der Waals surface area contributed by atoms with Crippen LogP contribution >= 0.6 is 7.37 Å². The molecule has 2 atom stereocenters. The number of aliphatic hydroxyl groups is 1. The minimum atomic E-state index is -3.06. The quantitative estimate of drug-likeness (QED) is 0.281. The molecule has 1 fully saturated rings. The van der Waals surface area contributed by atoms with E-state index < -0.39 is 13.5 Å². The molecule has 1 saturated carbocycles. The Morgan fingerprint density at radius 3 is 2.25 bits per heavy atom. The summed E-state index contributed by atoms with van der Waals surface area (Å²) in [6.45, 7) is 1.36. The number of benzene rings is 2. The Morgan fingerprint density at radius 1 is 0.969 bits per heavy atom. The first-order valence-electron chi connectivity index (χ1n) is 11.6. The van der Waals surface area contributed by atoms with E-state index in [0.29, 0.717) is 24.9 Å². The first-order chi connectivity index (χ1) is 15.4. The minimum Gasteiger partial charge on any atom is -0.508 e. The Morgan fingerprint density at radius 2 is 1.59 bits per heavy atom. The van der Waals surface area contributed by atoms with Gasteiger partial charge in [-0.05, 0) is 67.6 Å². The molecular formula is C25H36NO5P. The smallest absolute Gasteiger partial charge is 0.203 e. The molecule has 4 N–H and O–H groups in total. The van der Waals surface area contributed by atoms with Crippen LogP contribution < -0.4 is 10.1 Å². The van der Waals surface area contributed by atoms with Crippen LogP contribution in [0.2, 0.25) is 0 Å².